The number of hydrogen-bond acceptors (Lipinski definition) is 3. The third kappa shape index (κ3) is 4.91. The van der Waals surface area contributed by atoms with Crippen LogP contribution in [-0.2, 0) is 4.79 Å². The molecule has 0 bridgehead atoms. The molecule has 1 atom stereocenters. The first-order valence-electron chi connectivity index (χ1n) is 6.72. The summed E-state index contributed by atoms with van der Waals surface area (Å²) in [7, 11) is 5.78. The van der Waals surface area contributed by atoms with Crippen LogP contribution >= 0.6 is 0 Å². The molecule has 1 amide bonds. The number of para-hydroxylation sites is 1. The van der Waals surface area contributed by atoms with Gasteiger partial charge < -0.3 is 15.1 Å². The van der Waals surface area contributed by atoms with Crippen LogP contribution < -0.4 is 10.2 Å². The Labute approximate surface area is 116 Å². The van der Waals surface area contributed by atoms with Crippen molar-refractivity contribution in [2.24, 2.45) is 5.92 Å². The van der Waals surface area contributed by atoms with Crippen molar-refractivity contribution in [2.45, 2.75) is 6.92 Å². The first-order valence-corrected chi connectivity index (χ1v) is 6.72. The topological polar surface area (TPSA) is 35.6 Å². The number of nitrogens with one attached hydrogen (secondary N) is 1. The molecular formula is C15H25N3O. The zero-order chi connectivity index (χ0) is 14.3. The van der Waals surface area contributed by atoms with Gasteiger partial charge in [0, 0.05) is 45.3 Å². The average molecular weight is 263 g/mol. The van der Waals surface area contributed by atoms with Gasteiger partial charge in [-0.05, 0) is 19.2 Å². The molecule has 4 heteroatoms. The van der Waals surface area contributed by atoms with Gasteiger partial charge in [-0.25, -0.2) is 0 Å². The van der Waals surface area contributed by atoms with E-state index in [0.29, 0.717) is 0 Å². The molecule has 1 aromatic carbocycles. The molecule has 19 heavy (non-hydrogen) atoms. The molecule has 1 rings (SSSR count). The maximum Gasteiger partial charge on any atom is 0.226 e. The molecule has 0 fully saturated rings. The molecule has 0 saturated carbocycles. The fourth-order valence-electron chi connectivity index (χ4n) is 1.99. The second kappa shape index (κ2) is 7.79. The number of likely N-dealkylation sites (N-methyl/N-ethyl adjacent to an activating group) is 2. The Bertz CT molecular complexity index is 380. The first kappa shape index (κ1) is 15.5. The van der Waals surface area contributed by atoms with Gasteiger partial charge in [0.1, 0.15) is 0 Å². The van der Waals surface area contributed by atoms with Gasteiger partial charge >= 0.3 is 0 Å². The Hall–Kier alpha value is -1.55. The number of carbonyl (C=O) groups is 1. The van der Waals surface area contributed by atoms with Crippen LogP contribution in [0.3, 0.4) is 0 Å². The van der Waals surface area contributed by atoms with Crippen LogP contribution in [0.25, 0.3) is 0 Å². The number of carbonyl (C=O) groups excluding carboxylic acids is 1. The molecule has 0 aromatic heterocycles. The van der Waals surface area contributed by atoms with Gasteiger partial charge in [0.2, 0.25) is 5.91 Å². The zero-order valence-electron chi connectivity index (χ0n) is 12.4. The summed E-state index contributed by atoms with van der Waals surface area (Å²) in [6, 6.07) is 10.2. The number of hydrogen-bond donors (Lipinski definition) is 1. The summed E-state index contributed by atoms with van der Waals surface area (Å²) in [6.07, 6.45) is 0. The minimum absolute atomic E-state index is 0.0250. The van der Waals surface area contributed by atoms with Gasteiger partial charge in [-0.3, -0.25) is 4.79 Å². The molecule has 0 aliphatic carbocycles. The predicted octanol–water partition coefficient (Wildman–Crippen LogP) is 1.44. The van der Waals surface area contributed by atoms with Gasteiger partial charge in [0.05, 0.1) is 0 Å². The largest absolute Gasteiger partial charge is 0.373 e. The lowest BCUT2D eigenvalue weighted by Crippen LogP contribution is -2.39. The van der Waals surface area contributed by atoms with E-state index in [2.05, 4.69) is 22.3 Å². The minimum atomic E-state index is 0.0250. The molecule has 0 aliphatic heterocycles. The standard InChI is InChI=1S/C15H25N3O/c1-13(12-16-2)15(19)18(4)11-10-17(3)14-8-6-5-7-9-14/h5-9,13,16H,10-12H2,1-4H3. The van der Waals surface area contributed by atoms with E-state index in [-0.39, 0.29) is 11.8 Å². The van der Waals surface area contributed by atoms with Crippen LogP contribution in [0.2, 0.25) is 0 Å². The highest BCUT2D eigenvalue weighted by Gasteiger charge is 2.16. The molecule has 0 radical (unpaired) electrons. The lowest BCUT2D eigenvalue weighted by molar-refractivity contribution is -0.133. The van der Waals surface area contributed by atoms with Crippen LogP contribution in [0.5, 0.6) is 0 Å². The summed E-state index contributed by atoms with van der Waals surface area (Å²) < 4.78 is 0. The zero-order valence-corrected chi connectivity index (χ0v) is 12.4. The van der Waals surface area contributed by atoms with Crippen molar-refractivity contribution in [2.75, 3.05) is 45.7 Å². The summed E-state index contributed by atoms with van der Waals surface area (Å²) in [5.41, 5.74) is 1.17. The SMILES string of the molecule is CNCC(C)C(=O)N(C)CCN(C)c1ccccc1. The third-order valence-corrected chi connectivity index (χ3v) is 3.28. The molecule has 106 valence electrons. The van der Waals surface area contributed by atoms with Crippen molar-refractivity contribution in [3.63, 3.8) is 0 Å². The van der Waals surface area contributed by atoms with E-state index < -0.39 is 0 Å². The van der Waals surface area contributed by atoms with E-state index >= 15 is 0 Å². The van der Waals surface area contributed by atoms with Gasteiger partial charge in [0.15, 0.2) is 0 Å². The molecule has 0 saturated heterocycles. The number of nitrogens with zero attached hydrogens (tertiary/aromatic N) is 2. The molecule has 4 nitrogen and oxygen atoms in total. The summed E-state index contributed by atoms with van der Waals surface area (Å²) in [6.45, 7) is 4.24. The van der Waals surface area contributed by atoms with Gasteiger partial charge in [-0.1, -0.05) is 25.1 Å². The summed E-state index contributed by atoms with van der Waals surface area (Å²) >= 11 is 0. The van der Waals surface area contributed by atoms with E-state index in [4.69, 9.17) is 0 Å². The Kier molecular flexibility index (Phi) is 6.36. The van der Waals surface area contributed by atoms with Gasteiger partial charge in [-0.15, -0.1) is 0 Å². The summed E-state index contributed by atoms with van der Waals surface area (Å²) in [4.78, 5) is 16.0. The maximum atomic E-state index is 12.0. The Morgan fingerprint density at radius 1 is 1.21 bits per heavy atom. The fraction of sp³-hybridized carbons (Fsp3) is 0.533. The summed E-state index contributed by atoms with van der Waals surface area (Å²) in [5, 5.41) is 3.04. The molecule has 0 aliphatic rings. The van der Waals surface area contributed by atoms with Crippen LogP contribution in [0.15, 0.2) is 30.3 Å². The van der Waals surface area contributed by atoms with E-state index in [9.17, 15) is 4.79 Å². The van der Waals surface area contributed by atoms with Crippen molar-refractivity contribution in [3.8, 4) is 0 Å². The molecule has 1 unspecified atom stereocenters. The Morgan fingerprint density at radius 3 is 2.42 bits per heavy atom. The average Bonchev–Trinajstić information content (AvgIpc) is 2.44. The van der Waals surface area contributed by atoms with Gasteiger partial charge in [-0.2, -0.15) is 0 Å². The first-order chi connectivity index (χ1) is 9.06. The lowest BCUT2D eigenvalue weighted by atomic mass is 10.1. The maximum absolute atomic E-state index is 12.0. The third-order valence-electron chi connectivity index (χ3n) is 3.28. The molecular weight excluding hydrogens is 238 g/mol. The van der Waals surface area contributed by atoms with Crippen LogP contribution in [0.1, 0.15) is 6.92 Å². The van der Waals surface area contributed by atoms with E-state index in [1.807, 2.05) is 46.3 Å². The molecule has 0 spiro atoms. The quantitative estimate of drug-likeness (QED) is 0.808. The summed E-state index contributed by atoms with van der Waals surface area (Å²) in [5.74, 6) is 0.216. The Morgan fingerprint density at radius 2 is 1.84 bits per heavy atom. The fourth-order valence-corrected chi connectivity index (χ4v) is 1.99. The van der Waals surface area contributed by atoms with Crippen molar-refractivity contribution in [1.82, 2.24) is 10.2 Å². The predicted molar refractivity (Wildman–Crippen MR) is 80.4 cm³/mol. The molecule has 1 aromatic rings. The van der Waals surface area contributed by atoms with Crippen molar-refractivity contribution in [3.05, 3.63) is 30.3 Å². The number of amides is 1. The van der Waals surface area contributed by atoms with Crippen molar-refractivity contribution in [1.29, 1.82) is 0 Å². The highest BCUT2D eigenvalue weighted by atomic mass is 16.2. The normalized spacial score (nSPS) is 12.0. The highest BCUT2D eigenvalue weighted by molar-refractivity contribution is 5.78. The minimum Gasteiger partial charge on any atom is -0.373 e. The van der Waals surface area contributed by atoms with E-state index in [1.54, 1.807) is 4.90 Å². The van der Waals surface area contributed by atoms with E-state index in [1.165, 1.54) is 5.69 Å². The Balaban J connectivity index is 2.41. The van der Waals surface area contributed by atoms with Crippen LogP contribution in [0.4, 0.5) is 5.69 Å². The lowest BCUT2D eigenvalue weighted by Gasteiger charge is -2.25. The number of anilines is 1. The molecule has 0 heterocycles. The van der Waals surface area contributed by atoms with Crippen LogP contribution in [-0.4, -0.2) is 51.6 Å². The smallest absolute Gasteiger partial charge is 0.226 e. The number of benzene rings is 1. The van der Waals surface area contributed by atoms with Crippen molar-refractivity contribution >= 4 is 11.6 Å². The highest BCUT2D eigenvalue weighted by Crippen LogP contribution is 2.10. The van der Waals surface area contributed by atoms with Gasteiger partial charge in [0.25, 0.3) is 0 Å². The second-order valence-electron chi connectivity index (χ2n) is 4.98. The number of rotatable bonds is 7. The van der Waals surface area contributed by atoms with Crippen molar-refractivity contribution < 1.29 is 4.79 Å². The second-order valence-corrected chi connectivity index (χ2v) is 4.98. The monoisotopic (exact) mass is 263 g/mol. The van der Waals surface area contributed by atoms with E-state index in [0.717, 1.165) is 19.6 Å². The molecule has 1 N–H and O–H groups in total. The van der Waals surface area contributed by atoms with Crippen LogP contribution in [0, 0.1) is 5.92 Å².